The number of nitrogens with one attached hydrogen (secondary N) is 2. The van der Waals surface area contributed by atoms with Crippen molar-refractivity contribution in [2.45, 2.75) is 24.2 Å². The second-order valence-corrected chi connectivity index (χ2v) is 6.12. The number of aromatic nitrogens is 2. The van der Waals surface area contributed by atoms with Crippen molar-refractivity contribution < 1.29 is 13.2 Å². The van der Waals surface area contributed by atoms with Gasteiger partial charge < -0.3 is 10.6 Å². The number of rotatable bonds is 5. The van der Waals surface area contributed by atoms with Crippen LogP contribution in [0.25, 0.3) is 0 Å². The molecule has 0 bridgehead atoms. The van der Waals surface area contributed by atoms with E-state index in [9.17, 15) is 13.2 Å². The number of nitrogens with two attached hydrogens (primary N) is 1. The van der Waals surface area contributed by atoms with Gasteiger partial charge in [0.25, 0.3) is 0 Å². The topological polar surface area (TPSA) is 121 Å². The Kier molecular flexibility index (Phi) is 4.05. The zero-order valence-electron chi connectivity index (χ0n) is 10.4. The summed E-state index contributed by atoms with van der Waals surface area (Å²) in [7, 11) is -3.71. The molecule has 0 spiro atoms. The van der Waals surface area contributed by atoms with Crippen LogP contribution in [0.5, 0.6) is 0 Å². The molecule has 2 heterocycles. The van der Waals surface area contributed by atoms with Gasteiger partial charge in [0, 0.05) is 26.1 Å². The Balaban J connectivity index is 1.85. The number of H-pyrrole nitrogens is 1. The lowest BCUT2D eigenvalue weighted by atomic mass is 10.4. The van der Waals surface area contributed by atoms with Crippen LogP contribution in [-0.4, -0.2) is 49.1 Å². The average Bonchev–Trinajstić information content (AvgIpc) is 2.98. The van der Waals surface area contributed by atoms with E-state index in [2.05, 4.69) is 14.9 Å². The molecule has 0 aromatic carbocycles. The summed E-state index contributed by atoms with van der Waals surface area (Å²) < 4.78 is 26.0. The number of anilines is 1. The van der Waals surface area contributed by atoms with Crippen molar-refractivity contribution >= 4 is 21.7 Å². The predicted octanol–water partition coefficient (Wildman–Crippen LogP) is -0.717. The summed E-state index contributed by atoms with van der Waals surface area (Å²) in [4.78, 5) is 13.4. The molecule has 0 radical (unpaired) electrons. The molecule has 0 aliphatic carbocycles. The first kappa shape index (κ1) is 13.8. The van der Waals surface area contributed by atoms with Crippen molar-refractivity contribution in [1.82, 2.24) is 19.8 Å². The third-order valence-corrected chi connectivity index (χ3v) is 4.50. The number of nitrogens with zero attached hydrogens (tertiary/aromatic N) is 2. The smallest absolute Gasteiger partial charge is 0.245 e. The molecule has 106 valence electrons. The zero-order valence-corrected chi connectivity index (χ0v) is 11.2. The molecule has 9 heteroatoms. The highest BCUT2D eigenvalue weighted by molar-refractivity contribution is 7.89. The van der Waals surface area contributed by atoms with Crippen molar-refractivity contribution in [1.29, 1.82) is 0 Å². The number of carbonyl (C=O) groups excluding carboxylic acids is 1. The maximum atomic E-state index is 11.8. The van der Waals surface area contributed by atoms with Crippen LogP contribution >= 0.6 is 0 Å². The van der Waals surface area contributed by atoms with Gasteiger partial charge in [0.1, 0.15) is 10.7 Å². The number of sulfonamides is 1. The van der Waals surface area contributed by atoms with E-state index in [4.69, 9.17) is 5.73 Å². The maximum Gasteiger partial charge on any atom is 0.245 e. The number of aromatic amines is 1. The van der Waals surface area contributed by atoms with Crippen LogP contribution in [0.3, 0.4) is 0 Å². The van der Waals surface area contributed by atoms with E-state index >= 15 is 0 Å². The molecular formula is C10H17N5O3S. The summed E-state index contributed by atoms with van der Waals surface area (Å²) in [6, 6.07) is 0. The normalized spacial score (nSPS) is 15.9. The maximum absolute atomic E-state index is 11.8. The van der Waals surface area contributed by atoms with Crippen molar-refractivity contribution in [3.8, 4) is 0 Å². The Hall–Kier alpha value is -1.61. The average molecular weight is 287 g/mol. The minimum atomic E-state index is -3.71. The van der Waals surface area contributed by atoms with Gasteiger partial charge >= 0.3 is 0 Å². The van der Waals surface area contributed by atoms with Crippen molar-refractivity contribution in [2.75, 3.05) is 25.4 Å². The van der Waals surface area contributed by atoms with Gasteiger partial charge in [-0.3, -0.25) is 9.89 Å². The molecule has 1 fully saturated rings. The van der Waals surface area contributed by atoms with E-state index in [0.29, 0.717) is 0 Å². The van der Waals surface area contributed by atoms with Crippen LogP contribution in [0.1, 0.15) is 19.3 Å². The number of hydrogen-bond acceptors (Lipinski definition) is 5. The summed E-state index contributed by atoms with van der Waals surface area (Å²) in [6.07, 6.45) is 3.32. The van der Waals surface area contributed by atoms with Gasteiger partial charge in [-0.1, -0.05) is 0 Å². The lowest BCUT2D eigenvalue weighted by Crippen LogP contribution is -2.32. The van der Waals surface area contributed by atoms with Gasteiger partial charge in [-0.15, -0.1) is 0 Å². The van der Waals surface area contributed by atoms with E-state index in [0.717, 1.165) is 32.1 Å². The van der Waals surface area contributed by atoms with Crippen LogP contribution in [0, 0.1) is 0 Å². The van der Waals surface area contributed by atoms with E-state index < -0.39 is 10.0 Å². The molecule has 0 saturated carbocycles. The molecule has 8 nitrogen and oxygen atoms in total. The van der Waals surface area contributed by atoms with E-state index in [1.807, 2.05) is 0 Å². The fraction of sp³-hybridized carbons (Fsp3) is 0.600. The fourth-order valence-electron chi connectivity index (χ4n) is 1.99. The molecule has 19 heavy (non-hydrogen) atoms. The second kappa shape index (κ2) is 5.57. The molecular weight excluding hydrogens is 270 g/mol. The number of likely N-dealkylation sites (tertiary alicyclic amines) is 1. The lowest BCUT2D eigenvalue weighted by molar-refractivity contribution is -0.129. The quantitative estimate of drug-likeness (QED) is 0.660. The molecule has 1 saturated heterocycles. The fourth-order valence-corrected chi connectivity index (χ4v) is 3.05. The van der Waals surface area contributed by atoms with Gasteiger partial charge in [-0.05, 0) is 12.8 Å². The summed E-state index contributed by atoms with van der Waals surface area (Å²) in [5.74, 6) is -0.0428. The first-order valence-electron chi connectivity index (χ1n) is 6.07. The molecule has 2 rings (SSSR count). The molecule has 1 aromatic heterocycles. The Labute approximate surface area is 111 Å². The highest BCUT2D eigenvalue weighted by atomic mass is 32.2. The summed E-state index contributed by atoms with van der Waals surface area (Å²) >= 11 is 0. The third kappa shape index (κ3) is 3.24. The number of hydrogen-bond donors (Lipinski definition) is 3. The highest BCUT2D eigenvalue weighted by Gasteiger charge is 2.21. The lowest BCUT2D eigenvalue weighted by Gasteiger charge is -2.15. The monoisotopic (exact) mass is 287 g/mol. The first-order chi connectivity index (χ1) is 9.00. The Morgan fingerprint density at radius 3 is 2.74 bits per heavy atom. The summed E-state index contributed by atoms with van der Waals surface area (Å²) in [6.45, 7) is 1.59. The Bertz CT molecular complexity index is 547. The molecule has 1 amide bonds. The molecule has 0 atom stereocenters. The van der Waals surface area contributed by atoms with E-state index in [-0.39, 0.29) is 29.6 Å². The van der Waals surface area contributed by atoms with Crippen molar-refractivity contribution in [3.63, 3.8) is 0 Å². The predicted molar refractivity (Wildman–Crippen MR) is 68.6 cm³/mol. The van der Waals surface area contributed by atoms with Crippen LogP contribution in [0.15, 0.2) is 11.1 Å². The second-order valence-electron chi connectivity index (χ2n) is 4.38. The number of nitrogen functional groups attached to an aromatic ring is 1. The number of carbonyl (C=O) groups is 1. The molecule has 4 N–H and O–H groups in total. The van der Waals surface area contributed by atoms with Gasteiger partial charge in [-0.2, -0.15) is 5.10 Å². The minimum Gasteiger partial charge on any atom is -0.383 e. The highest BCUT2D eigenvalue weighted by Crippen LogP contribution is 2.13. The van der Waals surface area contributed by atoms with Gasteiger partial charge in [-0.25, -0.2) is 13.1 Å². The van der Waals surface area contributed by atoms with Crippen LogP contribution in [0.4, 0.5) is 5.82 Å². The Morgan fingerprint density at radius 2 is 2.16 bits per heavy atom. The van der Waals surface area contributed by atoms with Gasteiger partial charge in [0.2, 0.25) is 15.9 Å². The van der Waals surface area contributed by atoms with Crippen molar-refractivity contribution in [2.24, 2.45) is 0 Å². The van der Waals surface area contributed by atoms with E-state index in [1.165, 1.54) is 0 Å². The zero-order chi connectivity index (χ0) is 13.9. The van der Waals surface area contributed by atoms with Crippen LogP contribution in [0.2, 0.25) is 0 Å². The third-order valence-electron chi connectivity index (χ3n) is 3.01. The van der Waals surface area contributed by atoms with Gasteiger partial charge in [0.15, 0.2) is 0 Å². The molecule has 1 aliphatic heterocycles. The van der Waals surface area contributed by atoms with Gasteiger partial charge in [0.05, 0.1) is 6.20 Å². The molecule has 0 unspecified atom stereocenters. The standard InChI is InChI=1S/C10H17N5O3S/c11-10-8(7-12-14-10)19(17,18)13-4-3-9(16)15-5-1-2-6-15/h7,13H,1-6H2,(H3,11,12,14). The van der Waals surface area contributed by atoms with E-state index in [1.54, 1.807) is 4.90 Å². The number of amides is 1. The largest absolute Gasteiger partial charge is 0.383 e. The Morgan fingerprint density at radius 1 is 1.47 bits per heavy atom. The van der Waals surface area contributed by atoms with Crippen LogP contribution in [-0.2, 0) is 14.8 Å². The summed E-state index contributed by atoms with van der Waals surface area (Å²) in [5, 5.41) is 5.90. The van der Waals surface area contributed by atoms with Crippen molar-refractivity contribution in [3.05, 3.63) is 6.20 Å². The minimum absolute atomic E-state index is 0.0154. The molecule has 1 aliphatic rings. The summed E-state index contributed by atoms with van der Waals surface area (Å²) in [5.41, 5.74) is 5.45. The SMILES string of the molecule is Nc1[nH]ncc1S(=O)(=O)NCCC(=O)N1CCCC1. The first-order valence-corrected chi connectivity index (χ1v) is 7.55. The molecule has 1 aromatic rings. The van der Waals surface area contributed by atoms with Crippen LogP contribution < -0.4 is 10.5 Å².